The van der Waals surface area contributed by atoms with Crippen molar-refractivity contribution in [3.63, 3.8) is 0 Å². The second kappa shape index (κ2) is 11.4. The molecule has 3 aromatic carbocycles. The average molecular weight is 495 g/mol. The number of hydrogen-bond acceptors (Lipinski definition) is 4. The lowest BCUT2D eigenvalue weighted by Crippen LogP contribution is -2.38. The summed E-state index contributed by atoms with van der Waals surface area (Å²) in [7, 11) is 1.57. The molecule has 0 aliphatic rings. The van der Waals surface area contributed by atoms with Gasteiger partial charge in [-0.1, -0.05) is 53.6 Å². The predicted molar refractivity (Wildman–Crippen MR) is 146 cm³/mol. The highest BCUT2D eigenvalue weighted by Crippen LogP contribution is 2.25. The quantitative estimate of drug-likeness (QED) is 0.315. The molecule has 0 bridgehead atoms. The number of benzene rings is 3. The zero-order valence-corrected chi connectivity index (χ0v) is 21.3. The Kier molecular flexibility index (Phi) is 7.83. The van der Waals surface area contributed by atoms with Crippen molar-refractivity contribution in [1.82, 2.24) is 14.5 Å². The van der Waals surface area contributed by atoms with Gasteiger partial charge in [0.15, 0.2) is 0 Å². The molecule has 188 valence electrons. The van der Waals surface area contributed by atoms with E-state index in [2.05, 4.69) is 11.9 Å². The number of amides is 2. The molecule has 4 rings (SSSR count). The number of aryl methyl sites for hydroxylation is 2. The van der Waals surface area contributed by atoms with Gasteiger partial charge in [0.05, 0.1) is 12.8 Å². The van der Waals surface area contributed by atoms with Gasteiger partial charge < -0.3 is 9.64 Å². The topological polar surface area (TPSA) is 76.5 Å². The van der Waals surface area contributed by atoms with Gasteiger partial charge in [-0.15, -0.1) is 6.58 Å². The minimum absolute atomic E-state index is 0.155. The standard InChI is InChI=1S/C30H30N4O3/c1-5-18-33(29(36)24-12-16-26(37-4)17-13-24)20-28(35)32-30-31-27(23-10-6-21(2)7-11-23)19-34(30)25-14-8-22(3)9-15-25/h5-17,19H,1,18,20H2,2-4H3,(H,31,32,35). The summed E-state index contributed by atoms with van der Waals surface area (Å²) in [4.78, 5) is 32.4. The molecule has 0 fully saturated rings. The molecular formula is C30H30N4O3. The Hall–Kier alpha value is -4.65. The van der Waals surface area contributed by atoms with Crippen molar-refractivity contribution in [3.8, 4) is 22.7 Å². The molecule has 0 spiro atoms. The van der Waals surface area contributed by atoms with E-state index in [1.54, 1.807) is 37.5 Å². The van der Waals surface area contributed by atoms with Crippen LogP contribution in [0.3, 0.4) is 0 Å². The molecule has 0 unspecified atom stereocenters. The fourth-order valence-electron chi connectivity index (χ4n) is 3.86. The van der Waals surface area contributed by atoms with E-state index in [4.69, 9.17) is 9.72 Å². The normalized spacial score (nSPS) is 10.6. The van der Waals surface area contributed by atoms with E-state index in [1.807, 2.05) is 73.1 Å². The maximum atomic E-state index is 13.1. The molecule has 7 nitrogen and oxygen atoms in total. The summed E-state index contributed by atoms with van der Waals surface area (Å²) >= 11 is 0. The number of rotatable bonds is 9. The number of methoxy groups -OCH3 is 1. The molecule has 0 aliphatic carbocycles. The van der Waals surface area contributed by atoms with Gasteiger partial charge in [0.1, 0.15) is 12.3 Å². The van der Waals surface area contributed by atoms with E-state index in [-0.39, 0.29) is 24.9 Å². The second-order valence-electron chi connectivity index (χ2n) is 8.77. The first-order valence-corrected chi connectivity index (χ1v) is 12.0. The van der Waals surface area contributed by atoms with Crippen LogP contribution in [0.25, 0.3) is 16.9 Å². The molecule has 2 amide bonds. The minimum Gasteiger partial charge on any atom is -0.497 e. The Bertz CT molecular complexity index is 1390. The molecule has 1 N–H and O–H groups in total. The number of nitrogens with zero attached hydrogens (tertiary/aromatic N) is 3. The van der Waals surface area contributed by atoms with Crippen molar-refractivity contribution in [2.45, 2.75) is 13.8 Å². The van der Waals surface area contributed by atoms with Crippen LogP contribution in [0.15, 0.2) is 91.6 Å². The van der Waals surface area contributed by atoms with E-state index in [0.717, 1.165) is 28.1 Å². The highest BCUT2D eigenvalue weighted by atomic mass is 16.5. The van der Waals surface area contributed by atoms with Gasteiger partial charge in [-0.05, 0) is 50.2 Å². The zero-order valence-electron chi connectivity index (χ0n) is 21.3. The van der Waals surface area contributed by atoms with E-state index in [1.165, 1.54) is 4.90 Å². The molecule has 0 saturated heterocycles. The Labute approximate surface area is 217 Å². The number of ether oxygens (including phenoxy) is 1. The molecule has 0 radical (unpaired) electrons. The van der Waals surface area contributed by atoms with Gasteiger partial charge in [-0.2, -0.15) is 0 Å². The number of carbonyl (C=O) groups is 2. The van der Waals surface area contributed by atoms with Gasteiger partial charge in [0.2, 0.25) is 11.9 Å². The molecule has 1 heterocycles. The van der Waals surface area contributed by atoms with Crippen LogP contribution in [0.1, 0.15) is 21.5 Å². The van der Waals surface area contributed by atoms with Crippen LogP contribution in [0, 0.1) is 13.8 Å². The van der Waals surface area contributed by atoms with Crippen molar-refractivity contribution in [2.24, 2.45) is 0 Å². The molecule has 37 heavy (non-hydrogen) atoms. The molecule has 1 aromatic heterocycles. The molecule has 0 atom stereocenters. The monoisotopic (exact) mass is 494 g/mol. The second-order valence-corrected chi connectivity index (χ2v) is 8.77. The summed E-state index contributed by atoms with van der Waals surface area (Å²) < 4.78 is 7.01. The highest BCUT2D eigenvalue weighted by Gasteiger charge is 2.20. The van der Waals surface area contributed by atoms with Gasteiger partial charge in [-0.25, -0.2) is 4.98 Å². The van der Waals surface area contributed by atoms with Crippen LogP contribution in [-0.2, 0) is 4.79 Å². The molecule has 4 aromatic rings. The van der Waals surface area contributed by atoms with Crippen molar-refractivity contribution < 1.29 is 14.3 Å². The van der Waals surface area contributed by atoms with Gasteiger partial charge in [0.25, 0.3) is 5.91 Å². The van der Waals surface area contributed by atoms with Crippen LogP contribution in [0.2, 0.25) is 0 Å². The molecular weight excluding hydrogens is 464 g/mol. The number of nitrogens with one attached hydrogen (secondary N) is 1. The Morgan fingerprint density at radius 1 is 0.973 bits per heavy atom. The van der Waals surface area contributed by atoms with Crippen molar-refractivity contribution in [2.75, 3.05) is 25.5 Å². The molecule has 0 saturated carbocycles. The zero-order chi connectivity index (χ0) is 26.4. The van der Waals surface area contributed by atoms with Crippen LogP contribution < -0.4 is 10.1 Å². The smallest absolute Gasteiger partial charge is 0.254 e. The number of anilines is 1. The summed E-state index contributed by atoms with van der Waals surface area (Å²) in [5.74, 6) is 0.384. The SMILES string of the molecule is C=CCN(CC(=O)Nc1nc(-c2ccc(C)cc2)cn1-c1ccc(C)cc1)C(=O)c1ccc(OC)cc1. The highest BCUT2D eigenvalue weighted by molar-refractivity contribution is 5.99. The van der Waals surface area contributed by atoms with E-state index < -0.39 is 0 Å². The summed E-state index contributed by atoms with van der Waals surface area (Å²) in [6.45, 7) is 7.85. The third kappa shape index (κ3) is 6.13. The summed E-state index contributed by atoms with van der Waals surface area (Å²) in [5, 5.41) is 2.90. The van der Waals surface area contributed by atoms with Crippen molar-refractivity contribution in [1.29, 1.82) is 0 Å². The van der Waals surface area contributed by atoms with Gasteiger partial charge in [-0.3, -0.25) is 19.5 Å². The number of hydrogen-bond donors (Lipinski definition) is 1. The van der Waals surface area contributed by atoms with Crippen LogP contribution >= 0.6 is 0 Å². The van der Waals surface area contributed by atoms with E-state index >= 15 is 0 Å². The summed E-state index contributed by atoms with van der Waals surface area (Å²) in [5.41, 5.74) is 5.27. The van der Waals surface area contributed by atoms with Gasteiger partial charge in [0, 0.05) is 29.6 Å². The number of imidazole rings is 1. The molecule has 7 heteroatoms. The predicted octanol–water partition coefficient (Wildman–Crippen LogP) is 5.43. The first kappa shape index (κ1) is 25.4. The first-order valence-electron chi connectivity index (χ1n) is 12.0. The van der Waals surface area contributed by atoms with Crippen molar-refractivity contribution >= 4 is 17.8 Å². The third-order valence-corrected chi connectivity index (χ3v) is 5.92. The largest absolute Gasteiger partial charge is 0.497 e. The lowest BCUT2D eigenvalue weighted by molar-refractivity contribution is -0.116. The summed E-state index contributed by atoms with van der Waals surface area (Å²) in [6, 6.07) is 22.8. The maximum Gasteiger partial charge on any atom is 0.254 e. The summed E-state index contributed by atoms with van der Waals surface area (Å²) in [6.07, 6.45) is 3.49. The van der Waals surface area contributed by atoms with Crippen LogP contribution in [-0.4, -0.2) is 46.5 Å². The lowest BCUT2D eigenvalue weighted by atomic mass is 10.1. The molecule has 0 aliphatic heterocycles. The van der Waals surface area contributed by atoms with Gasteiger partial charge >= 0.3 is 0 Å². The fraction of sp³-hybridized carbons (Fsp3) is 0.167. The third-order valence-electron chi connectivity index (χ3n) is 5.92. The van der Waals surface area contributed by atoms with Crippen molar-refractivity contribution in [3.05, 3.63) is 108 Å². The average Bonchev–Trinajstić information content (AvgIpc) is 3.32. The lowest BCUT2D eigenvalue weighted by Gasteiger charge is -2.21. The van der Waals surface area contributed by atoms with Crippen LogP contribution in [0.5, 0.6) is 5.75 Å². The maximum absolute atomic E-state index is 13.1. The minimum atomic E-state index is -0.363. The Morgan fingerprint density at radius 3 is 2.19 bits per heavy atom. The first-order chi connectivity index (χ1) is 17.9. The van der Waals surface area contributed by atoms with Crippen LogP contribution in [0.4, 0.5) is 5.95 Å². The Balaban J connectivity index is 1.59. The van der Waals surface area contributed by atoms with E-state index in [9.17, 15) is 9.59 Å². The fourth-order valence-corrected chi connectivity index (χ4v) is 3.86. The number of aromatic nitrogens is 2. The van der Waals surface area contributed by atoms with E-state index in [0.29, 0.717) is 17.3 Å². The number of carbonyl (C=O) groups excluding carboxylic acids is 2. The Morgan fingerprint density at radius 2 is 1.59 bits per heavy atom.